The van der Waals surface area contributed by atoms with Crippen molar-refractivity contribution in [2.24, 2.45) is 16.6 Å². The maximum absolute atomic E-state index is 13.4. The molecule has 1 unspecified atom stereocenters. The molecule has 1 heterocycles. The molecule has 1 aliphatic heterocycles. The third-order valence-corrected chi connectivity index (χ3v) is 3.47. The lowest BCUT2D eigenvalue weighted by Crippen LogP contribution is -2.45. The highest BCUT2D eigenvalue weighted by Crippen LogP contribution is 2.40. The lowest BCUT2D eigenvalue weighted by atomic mass is 10.1. The molecule has 0 radical (unpaired) electrons. The third-order valence-electron chi connectivity index (χ3n) is 3.47. The molecular formula is C11H19F2N3O. The summed E-state index contributed by atoms with van der Waals surface area (Å²) in [5.74, 6) is -2.83. The van der Waals surface area contributed by atoms with Crippen molar-refractivity contribution in [2.45, 2.75) is 25.2 Å². The van der Waals surface area contributed by atoms with E-state index >= 15 is 0 Å². The predicted molar refractivity (Wildman–Crippen MR) is 61.2 cm³/mol. The zero-order chi connectivity index (χ0) is 12.3. The number of alkyl halides is 2. The fourth-order valence-electron chi connectivity index (χ4n) is 2.32. The summed E-state index contributed by atoms with van der Waals surface area (Å²) in [7, 11) is 0. The Hall–Kier alpha value is -0.910. The molecule has 0 aromatic carbocycles. The number of halogens is 2. The molecule has 17 heavy (non-hydrogen) atoms. The Morgan fingerprint density at radius 1 is 1.41 bits per heavy atom. The van der Waals surface area contributed by atoms with Crippen LogP contribution in [0.2, 0.25) is 0 Å². The van der Waals surface area contributed by atoms with Gasteiger partial charge < -0.3 is 15.4 Å². The predicted octanol–water partition coefficient (Wildman–Crippen LogP) is 1.07. The van der Waals surface area contributed by atoms with Crippen molar-refractivity contribution in [2.75, 3.05) is 32.8 Å². The third kappa shape index (κ3) is 3.06. The summed E-state index contributed by atoms with van der Waals surface area (Å²) in [6, 6.07) is 0. The molecule has 2 N–H and O–H groups in total. The van der Waals surface area contributed by atoms with Crippen molar-refractivity contribution in [3.63, 3.8) is 0 Å². The summed E-state index contributed by atoms with van der Waals surface area (Å²) in [5.41, 5.74) is 5.79. The molecule has 2 rings (SSSR count). The summed E-state index contributed by atoms with van der Waals surface area (Å²) < 4.78 is 31.9. The Balaban J connectivity index is 1.86. The Kier molecular flexibility index (Phi) is 3.81. The van der Waals surface area contributed by atoms with E-state index in [2.05, 4.69) is 4.99 Å². The van der Waals surface area contributed by atoms with Crippen LogP contribution < -0.4 is 5.73 Å². The molecule has 1 saturated heterocycles. The van der Waals surface area contributed by atoms with Crippen molar-refractivity contribution in [3.8, 4) is 0 Å². The van der Waals surface area contributed by atoms with E-state index in [0.29, 0.717) is 45.1 Å². The quantitative estimate of drug-likeness (QED) is 0.586. The van der Waals surface area contributed by atoms with E-state index in [0.717, 1.165) is 0 Å². The normalized spacial score (nSPS) is 29.6. The first-order valence-electron chi connectivity index (χ1n) is 6.10. The molecule has 6 heteroatoms. The van der Waals surface area contributed by atoms with Gasteiger partial charge in [-0.05, 0) is 12.8 Å². The smallest absolute Gasteiger partial charge is 0.252 e. The van der Waals surface area contributed by atoms with Crippen LogP contribution in [-0.2, 0) is 4.74 Å². The molecule has 4 nitrogen and oxygen atoms in total. The van der Waals surface area contributed by atoms with E-state index in [9.17, 15) is 8.78 Å². The van der Waals surface area contributed by atoms with Crippen LogP contribution in [-0.4, -0.2) is 49.6 Å². The van der Waals surface area contributed by atoms with Gasteiger partial charge in [-0.1, -0.05) is 0 Å². The van der Waals surface area contributed by atoms with Crippen LogP contribution in [0.15, 0.2) is 4.99 Å². The standard InChI is InChI=1S/C11H19F2N3O/c12-11(13)3-1-2-9(11)8-15-10(14)16-4-6-17-7-5-16/h9H,1-8H2,(H2,14,15). The molecule has 0 spiro atoms. The second-order valence-corrected chi connectivity index (χ2v) is 4.65. The summed E-state index contributed by atoms with van der Waals surface area (Å²) in [6.45, 7) is 2.76. The minimum atomic E-state index is -2.56. The number of morpholine rings is 1. The Morgan fingerprint density at radius 3 is 2.71 bits per heavy atom. The highest BCUT2D eigenvalue weighted by atomic mass is 19.3. The van der Waals surface area contributed by atoms with Gasteiger partial charge in [0.2, 0.25) is 0 Å². The molecular weight excluding hydrogens is 228 g/mol. The number of nitrogens with zero attached hydrogens (tertiary/aromatic N) is 2. The van der Waals surface area contributed by atoms with Crippen LogP contribution in [0, 0.1) is 5.92 Å². The van der Waals surface area contributed by atoms with Gasteiger partial charge in [0.05, 0.1) is 19.8 Å². The molecule has 1 aliphatic carbocycles. The Morgan fingerprint density at radius 2 is 2.12 bits per heavy atom. The van der Waals surface area contributed by atoms with Crippen LogP contribution in [0.5, 0.6) is 0 Å². The molecule has 2 aliphatic rings. The lowest BCUT2D eigenvalue weighted by Gasteiger charge is -2.28. The Labute approximate surface area is 99.8 Å². The van der Waals surface area contributed by atoms with Gasteiger partial charge in [0.1, 0.15) is 0 Å². The molecule has 1 atom stereocenters. The first-order valence-corrected chi connectivity index (χ1v) is 6.10. The number of hydrogen-bond donors (Lipinski definition) is 1. The maximum atomic E-state index is 13.4. The monoisotopic (exact) mass is 247 g/mol. The SMILES string of the molecule is NC(=NCC1CCCC1(F)F)N1CCOCC1. The highest BCUT2D eigenvalue weighted by Gasteiger charge is 2.43. The summed E-state index contributed by atoms with van der Waals surface area (Å²) in [5, 5.41) is 0. The number of guanidine groups is 1. The van der Waals surface area contributed by atoms with E-state index in [1.807, 2.05) is 4.90 Å². The van der Waals surface area contributed by atoms with Crippen LogP contribution >= 0.6 is 0 Å². The minimum absolute atomic E-state index is 0.00928. The molecule has 2 fully saturated rings. The molecule has 0 amide bonds. The van der Waals surface area contributed by atoms with Crippen LogP contribution in [0.4, 0.5) is 8.78 Å². The zero-order valence-corrected chi connectivity index (χ0v) is 9.87. The second kappa shape index (κ2) is 5.16. The molecule has 98 valence electrons. The Bertz CT molecular complexity index is 290. The number of nitrogens with two attached hydrogens (primary N) is 1. The average molecular weight is 247 g/mol. The van der Waals surface area contributed by atoms with E-state index in [1.165, 1.54) is 0 Å². The fourth-order valence-corrected chi connectivity index (χ4v) is 2.32. The van der Waals surface area contributed by atoms with Crippen molar-refractivity contribution < 1.29 is 13.5 Å². The summed E-state index contributed by atoms with van der Waals surface area (Å²) in [4.78, 5) is 6.00. The minimum Gasteiger partial charge on any atom is -0.378 e. The first kappa shape index (κ1) is 12.5. The van der Waals surface area contributed by atoms with E-state index in [1.54, 1.807) is 0 Å². The van der Waals surface area contributed by atoms with Gasteiger partial charge in [0.25, 0.3) is 5.92 Å². The van der Waals surface area contributed by atoms with E-state index in [4.69, 9.17) is 10.5 Å². The van der Waals surface area contributed by atoms with Crippen molar-refractivity contribution in [1.29, 1.82) is 0 Å². The number of ether oxygens (including phenoxy) is 1. The number of aliphatic imine (C=N–C) groups is 1. The second-order valence-electron chi connectivity index (χ2n) is 4.65. The van der Waals surface area contributed by atoms with Crippen molar-refractivity contribution in [3.05, 3.63) is 0 Å². The van der Waals surface area contributed by atoms with E-state index < -0.39 is 11.8 Å². The fraction of sp³-hybridized carbons (Fsp3) is 0.909. The van der Waals surface area contributed by atoms with Crippen LogP contribution in [0.1, 0.15) is 19.3 Å². The molecule has 1 saturated carbocycles. The lowest BCUT2D eigenvalue weighted by molar-refractivity contribution is -0.0331. The molecule has 0 aromatic rings. The van der Waals surface area contributed by atoms with Crippen molar-refractivity contribution in [1.82, 2.24) is 4.90 Å². The molecule has 0 aromatic heterocycles. The van der Waals surface area contributed by atoms with Gasteiger partial charge in [-0.15, -0.1) is 0 Å². The average Bonchev–Trinajstić information content (AvgIpc) is 2.66. The number of hydrogen-bond acceptors (Lipinski definition) is 2. The van der Waals surface area contributed by atoms with Crippen molar-refractivity contribution >= 4 is 5.96 Å². The topological polar surface area (TPSA) is 50.8 Å². The summed E-state index contributed by atoms with van der Waals surface area (Å²) in [6.07, 6.45) is 1.13. The largest absolute Gasteiger partial charge is 0.378 e. The van der Waals surface area contributed by atoms with Crippen LogP contribution in [0.3, 0.4) is 0 Å². The number of rotatable bonds is 2. The van der Waals surface area contributed by atoms with Gasteiger partial charge in [-0.25, -0.2) is 8.78 Å². The van der Waals surface area contributed by atoms with Crippen LogP contribution in [0.25, 0.3) is 0 Å². The van der Waals surface area contributed by atoms with Gasteiger partial charge >= 0.3 is 0 Å². The van der Waals surface area contributed by atoms with Gasteiger partial charge in [0, 0.05) is 25.4 Å². The molecule has 0 bridgehead atoms. The zero-order valence-electron chi connectivity index (χ0n) is 9.87. The first-order chi connectivity index (χ1) is 8.09. The maximum Gasteiger partial charge on any atom is 0.252 e. The summed E-state index contributed by atoms with van der Waals surface area (Å²) >= 11 is 0. The van der Waals surface area contributed by atoms with Gasteiger partial charge in [-0.2, -0.15) is 0 Å². The van der Waals surface area contributed by atoms with E-state index in [-0.39, 0.29) is 13.0 Å². The van der Waals surface area contributed by atoms with Gasteiger partial charge in [-0.3, -0.25) is 4.99 Å². The highest BCUT2D eigenvalue weighted by molar-refractivity contribution is 5.78. The van der Waals surface area contributed by atoms with Gasteiger partial charge in [0.15, 0.2) is 5.96 Å².